The summed E-state index contributed by atoms with van der Waals surface area (Å²) in [5.74, 6) is -0.352. The molecule has 0 radical (unpaired) electrons. The highest BCUT2D eigenvalue weighted by Crippen LogP contribution is 2.27. The molecule has 1 aromatic rings. The molecule has 3 N–H and O–H groups in total. The first kappa shape index (κ1) is 19.1. The Bertz CT molecular complexity index is 764. The third-order valence-electron chi connectivity index (χ3n) is 4.04. The fourth-order valence-corrected chi connectivity index (χ4v) is 2.61. The van der Waals surface area contributed by atoms with Gasteiger partial charge in [-0.15, -0.1) is 0 Å². The number of hydrogen-bond donors (Lipinski definition) is 3. The second kappa shape index (κ2) is 8.24. The smallest absolute Gasteiger partial charge is 0.330 e. The van der Waals surface area contributed by atoms with Crippen molar-refractivity contribution in [1.82, 2.24) is 9.55 Å². The van der Waals surface area contributed by atoms with Gasteiger partial charge in [-0.2, -0.15) is 0 Å². The van der Waals surface area contributed by atoms with Gasteiger partial charge in [0.1, 0.15) is 12.3 Å². The van der Waals surface area contributed by atoms with Crippen LogP contribution in [0.3, 0.4) is 0 Å². The number of hydrogen-bond acceptors (Lipinski definition) is 7. The van der Waals surface area contributed by atoms with Crippen LogP contribution in [0.4, 0.5) is 0 Å². The van der Waals surface area contributed by atoms with Crippen LogP contribution in [0, 0.1) is 0 Å². The van der Waals surface area contributed by atoms with Gasteiger partial charge in [-0.05, 0) is 19.4 Å². The number of aliphatic hydroxyl groups is 2. The van der Waals surface area contributed by atoms with Crippen molar-refractivity contribution < 1.29 is 24.5 Å². The Balaban J connectivity index is 2.25. The number of aromatic amines is 1. The quantitative estimate of drug-likeness (QED) is 0.589. The van der Waals surface area contributed by atoms with Gasteiger partial charge >= 0.3 is 11.7 Å². The lowest BCUT2D eigenvalue weighted by Gasteiger charge is -2.14. The Morgan fingerprint density at radius 1 is 1.48 bits per heavy atom. The number of nitrogens with zero attached hydrogens (tertiary/aromatic N) is 1. The van der Waals surface area contributed by atoms with Crippen molar-refractivity contribution in [1.29, 1.82) is 0 Å². The third-order valence-corrected chi connectivity index (χ3v) is 4.04. The number of rotatable bonds is 6. The summed E-state index contributed by atoms with van der Waals surface area (Å²) >= 11 is 0. The molecule has 0 aromatic carbocycles. The first-order valence-corrected chi connectivity index (χ1v) is 7.89. The Labute approximate surface area is 143 Å². The van der Waals surface area contributed by atoms with E-state index in [9.17, 15) is 19.5 Å². The average molecular weight is 354 g/mol. The summed E-state index contributed by atoms with van der Waals surface area (Å²) in [5, 5.41) is 18.9. The molecule has 1 aliphatic heterocycles. The summed E-state index contributed by atoms with van der Waals surface area (Å²) in [5.41, 5.74) is -0.227. The van der Waals surface area contributed by atoms with Gasteiger partial charge in [0, 0.05) is 19.0 Å². The zero-order chi connectivity index (χ0) is 18.6. The molecule has 0 bridgehead atoms. The molecule has 2 rings (SSSR count). The second-order valence-corrected chi connectivity index (χ2v) is 5.93. The molecule has 1 aromatic heterocycles. The van der Waals surface area contributed by atoms with Crippen LogP contribution in [0.25, 0.3) is 6.08 Å². The van der Waals surface area contributed by atoms with Crippen LogP contribution in [0.1, 0.15) is 38.0 Å². The molecule has 9 heteroatoms. The fraction of sp³-hybridized carbons (Fsp3) is 0.562. The maximum atomic E-state index is 12.0. The fourth-order valence-electron chi connectivity index (χ4n) is 2.61. The van der Waals surface area contributed by atoms with Crippen molar-refractivity contribution in [2.75, 3.05) is 13.7 Å². The molecule has 3 atom stereocenters. The number of ether oxygens (including phenoxy) is 2. The minimum Gasteiger partial charge on any atom is -0.469 e. The lowest BCUT2D eigenvalue weighted by Crippen LogP contribution is -2.33. The first-order chi connectivity index (χ1) is 11.8. The van der Waals surface area contributed by atoms with Gasteiger partial charge in [0.05, 0.1) is 25.4 Å². The van der Waals surface area contributed by atoms with Gasteiger partial charge in [0.2, 0.25) is 0 Å². The summed E-state index contributed by atoms with van der Waals surface area (Å²) in [6.07, 6.45) is 1.20. The first-order valence-electron chi connectivity index (χ1n) is 7.89. The van der Waals surface area contributed by atoms with Crippen LogP contribution in [0.15, 0.2) is 21.4 Å². The van der Waals surface area contributed by atoms with Crippen molar-refractivity contribution in [3.05, 3.63) is 38.2 Å². The number of carbonyl (C=O) groups is 1. The molecule has 0 unspecified atom stereocenters. The molecule has 138 valence electrons. The zero-order valence-corrected chi connectivity index (χ0v) is 14.1. The molecule has 1 aliphatic rings. The molecule has 0 aliphatic carbocycles. The van der Waals surface area contributed by atoms with Gasteiger partial charge in [-0.25, -0.2) is 4.79 Å². The van der Waals surface area contributed by atoms with Gasteiger partial charge in [-0.3, -0.25) is 19.1 Å². The number of esters is 1. The maximum absolute atomic E-state index is 12.0. The molecule has 2 heterocycles. The predicted molar refractivity (Wildman–Crippen MR) is 87.8 cm³/mol. The Hall–Kier alpha value is -2.23. The van der Waals surface area contributed by atoms with Crippen molar-refractivity contribution in [2.24, 2.45) is 0 Å². The van der Waals surface area contributed by atoms with Crippen molar-refractivity contribution in [3.8, 4) is 0 Å². The predicted octanol–water partition coefficient (Wildman–Crippen LogP) is -0.466. The van der Waals surface area contributed by atoms with E-state index in [1.165, 1.54) is 17.9 Å². The molecule has 9 nitrogen and oxygen atoms in total. The van der Waals surface area contributed by atoms with Crippen LogP contribution in [-0.2, 0) is 14.3 Å². The number of aliphatic hydroxyl groups excluding tert-OH is 2. The van der Waals surface area contributed by atoms with Gasteiger partial charge in [0.15, 0.2) is 0 Å². The topological polar surface area (TPSA) is 131 Å². The van der Waals surface area contributed by atoms with E-state index >= 15 is 0 Å². The molecule has 25 heavy (non-hydrogen) atoms. The highest BCUT2D eigenvalue weighted by molar-refractivity contribution is 5.69. The van der Waals surface area contributed by atoms with E-state index in [4.69, 9.17) is 9.84 Å². The summed E-state index contributed by atoms with van der Waals surface area (Å²) in [6.45, 7) is 1.39. The van der Waals surface area contributed by atoms with Gasteiger partial charge < -0.3 is 19.7 Å². The van der Waals surface area contributed by atoms with Gasteiger partial charge in [-0.1, -0.05) is 5.57 Å². The van der Waals surface area contributed by atoms with Crippen LogP contribution in [0.5, 0.6) is 0 Å². The van der Waals surface area contributed by atoms with Crippen LogP contribution < -0.4 is 11.2 Å². The number of aromatic nitrogens is 2. The minimum atomic E-state index is -0.894. The number of carbonyl (C=O) groups excluding carboxylic acids is 1. The zero-order valence-electron chi connectivity index (χ0n) is 14.1. The summed E-state index contributed by atoms with van der Waals surface area (Å²) < 4.78 is 11.2. The average Bonchev–Trinajstić information content (AvgIpc) is 2.95. The molecule has 0 amide bonds. The molecular formula is C16H22N2O7. The Kier molecular flexibility index (Phi) is 6.29. The highest BCUT2D eigenvalue weighted by atomic mass is 16.5. The summed E-state index contributed by atoms with van der Waals surface area (Å²) in [6, 6.07) is 0. The van der Waals surface area contributed by atoms with Crippen molar-refractivity contribution in [3.63, 3.8) is 0 Å². The van der Waals surface area contributed by atoms with Gasteiger partial charge in [0.25, 0.3) is 5.56 Å². The van der Waals surface area contributed by atoms with Crippen molar-refractivity contribution in [2.45, 2.75) is 44.6 Å². The molecular weight excluding hydrogens is 332 g/mol. The lowest BCUT2D eigenvalue weighted by atomic mass is 10.1. The van der Waals surface area contributed by atoms with E-state index in [0.29, 0.717) is 6.42 Å². The third kappa shape index (κ3) is 4.65. The largest absolute Gasteiger partial charge is 0.469 e. The van der Waals surface area contributed by atoms with E-state index in [0.717, 1.165) is 5.57 Å². The monoisotopic (exact) mass is 354 g/mol. The molecule has 0 spiro atoms. The van der Waals surface area contributed by atoms with Crippen LogP contribution >= 0.6 is 0 Å². The number of nitrogens with one attached hydrogen (secondary N) is 1. The van der Waals surface area contributed by atoms with E-state index < -0.39 is 29.7 Å². The number of allylic oxidation sites excluding steroid dienone is 1. The molecule has 0 saturated carbocycles. The molecule has 1 saturated heterocycles. The van der Waals surface area contributed by atoms with Crippen molar-refractivity contribution >= 4 is 12.0 Å². The van der Waals surface area contributed by atoms with Crippen LogP contribution in [-0.4, -0.2) is 51.7 Å². The summed E-state index contributed by atoms with van der Waals surface area (Å²) in [7, 11) is 1.30. The van der Waals surface area contributed by atoms with E-state index in [1.807, 2.05) is 0 Å². The SMILES string of the molecule is COC(=O)CC/C(C)=C/c1cn([C@H]2C[C@H](O)[C@@H](CO)O2)c(=O)[nH]c1=O. The van der Waals surface area contributed by atoms with E-state index in [2.05, 4.69) is 9.72 Å². The number of H-pyrrole nitrogens is 1. The highest BCUT2D eigenvalue weighted by Gasteiger charge is 2.35. The lowest BCUT2D eigenvalue weighted by molar-refractivity contribution is -0.140. The summed E-state index contributed by atoms with van der Waals surface area (Å²) in [4.78, 5) is 37.4. The maximum Gasteiger partial charge on any atom is 0.330 e. The van der Waals surface area contributed by atoms with E-state index in [-0.39, 0.29) is 31.0 Å². The number of methoxy groups -OCH3 is 1. The second-order valence-electron chi connectivity index (χ2n) is 5.93. The standard InChI is InChI=1S/C16H22N2O7/c1-9(3-4-14(21)24-2)5-10-7-18(16(23)17-15(10)22)13-6-11(20)12(8-19)25-13/h5,7,11-13,19-20H,3-4,6,8H2,1-2H3,(H,17,22,23)/b9-5+/t11-,12+,13+/m0/s1. The normalized spacial score (nSPS) is 23.7. The molecule has 1 fully saturated rings. The van der Waals surface area contributed by atoms with E-state index in [1.54, 1.807) is 13.0 Å². The minimum absolute atomic E-state index is 0.127. The van der Waals surface area contributed by atoms with Crippen LogP contribution in [0.2, 0.25) is 0 Å². The Morgan fingerprint density at radius 2 is 2.20 bits per heavy atom. The Morgan fingerprint density at radius 3 is 2.80 bits per heavy atom.